The molecule has 7 nitrogen and oxygen atoms in total. The lowest BCUT2D eigenvalue weighted by Crippen LogP contribution is -2.48. The van der Waals surface area contributed by atoms with Crippen molar-refractivity contribution in [3.63, 3.8) is 0 Å². The highest BCUT2D eigenvalue weighted by atomic mass is 32.1. The monoisotopic (exact) mass is 474 g/mol. The van der Waals surface area contributed by atoms with Gasteiger partial charge in [-0.3, -0.25) is 9.69 Å². The van der Waals surface area contributed by atoms with Gasteiger partial charge >= 0.3 is 0 Å². The van der Waals surface area contributed by atoms with Crippen LogP contribution in [-0.2, 0) is 16.0 Å². The predicted molar refractivity (Wildman–Crippen MR) is 130 cm³/mol. The first-order chi connectivity index (χ1) is 16.1. The third-order valence-corrected chi connectivity index (χ3v) is 6.70. The van der Waals surface area contributed by atoms with Gasteiger partial charge < -0.3 is 24.2 Å². The highest BCUT2D eigenvalue weighted by Crippen LogP contribution is 2.35. The van der Waals surface area contributed by atoms with Crippen molar-refractivity contribution in [2.45, 2.75) is 25.5 Å². The Kier molecular flexibility index (Phi) is 9.75. The van der Waals surface area contributed by atoms with E-state index in [1.165, 1.54) is 4.88 Å². The molecule has 2 aromatic rings. The van der Waals surface area contributed by atoms with Crippen molar-refractivity contribution >= 4 is 17.2 Å². The van der Waals surface area contributed by atoms with Gasteiger partial charge in [0.15, 0.2) is 11.5 Å². The highest BCUT2D eigenvalue weighted by molar-refractivity contribution is 7.10. The molecule has 0 unspecified atom stereocenters. The molecule has 1 aliphatic heterocycles. The molecule has 180 valence electrons. The molecule has 0 radical (unpaired) electrons. The number of likely N-dealkylation sites (N-methyl/N-ethyl adjacent to an activating group) is 1. The number of aliphatic hydroxyl groups excluding tert-OH is 1. The molecule has 0 fully saturated rings. The zero-order valence-corrected chi connectivity index (χ0v) is 20.3. The largest absolute Gasteiger partial charge is 0.493 e. The van der Waals surface area contributed by atoms with Gasteiger partial charge in [-0.05, 0) is 42.1 Å². The summed E-state index contributed by atoms with van der Waals surface area (Å²) in [6, 6.07) is 9.46. The Morgan fingerprint density at radius 1 is 1.36 bits per heavy atom. The third kappa shape index (κ3) is 6.80. The quantitative estimate of drug-likeness (QED) is 0.355. The number of rotatable bonds is 13. The number of nitrogens with zero attached hydrogens (tertiary/aromatic N) is 2. The first-order valence-corrected chi connectivity index (χ1v) is 12.2. The maximum Gasteiger partial charge on any atom is 0.237 e. The van der Waals surface area contributed by atoms with Crippen molar-refractivity contribution in [1.29, 1.82) is 0 Å². The molecule has 2 heterocycles. The van der Waals surface area contributed by atoms with E-state index in [9.17, 15) is 9.90 Å². The molecule has 3 rings (SSSR count). The topological polar surface area (TPSA) is 71.5 Å². The van der Waals surface area contributed by atoms with E-state index in [0.717, 1.165) is 12.0 Å². The summed E-state index contributed by atoms with van der Waals surface area (Å²) < 4.78 is 16.9. The van der Waals surface area contributed by atoms with Crippen LogP contribution in [0.3, 0.4) is 0 Å². The van der Waals surface area contributed by atoms with Crippen molar-refractivity contribution in [1.82, 2.24) is 9.80 Å². The van der Waals surface area contributed by atoms with E-state index in [0.29, 0.717) is 44.3 Å². The van der Waals surface area contributed by atoms with Crippen LogP contribution in [0.4, 0.5) is 0 Å². The van der Waals surface area contributed by atoms with Crippen molar-refractivity contribution in [3.8, 4) is 11.5 Å². The van der Waals surface area contributed by atoms with Gasteiger partial charge in [-0.2, -0.15) is 0 Å². The highest BCUT2D eigenvalue weighted by Gasteiger charge is 2.33. The molecule has 1 aromatic heterocycles. The molecular weight excluding hydrogens is 440 g/mol. The van der Waals surface area contributed by atoms with Crippen LogP contribution in [0.2, 0.25) is 0 Å². The van der Waals surface area contributed by atoms with E-state index >= 15 is 0 Å². The molecule has 2 atom stereocenters. The van der Waals surface area contributed by atoms with Gasteiger partial charge in [-0.25, -0.2) is 0 Å². The van der Waals surface area contributed by atoms with Crippen LogP contribution in [0, 0.1) is 0 Å². The van der Waals surface area contributed by atoms with Gasteiger partial charge in [0.2, 0.25) is 5.91 Å². The molecular formula is C25H34N2O5S. The number of hydrogen-bond donors (Lipinski definition) is 1. The van der Waals surface area contributed by atoms with Crippen LogP contribution < -0.4 is 9.47 Å². The molecule has 0 saturated heterocycles. The van der Waals surface area contributed by atoms with E-state index < -0.39 is 6.10 Å². The minimum absolute atomic E-state index is 0.0292. The molecule has 0 spiro atoms. The van der Waals surface area contributed by atoms with Crippen LogP contribution in [-0.4, -0.2) is 80.0 Å². The van der Waals surface area contributed by atoms with Crippen molar-refractivity contribution in [2.24, 2.45) is 0 Å². The summed E-state index contributed by atoms with van der Waals surface area (Å²) in [5.74, 6) is 1.36. The van der Waals surface area contributed by atoms with Crippen LogP contribution in [0.25, 0.3) is 0 Å². The number of carbonyl (C=O) groups is 1. The summed E-state index contributed by atoms with van der Waals surface area (Å²) in [4.78, 5) is 18.5. The van der Waals surface area contributed by atoms with Gasteiger partial charge in [-0.15, -0.1) is 17.9 Å². The number of para-hydroxylation sites is 2. The Morgan fingerprint density at radius 2 is 2.15 bits per heavy atom. The van der Waals surface area contributed by atoms with Gasteiger partial charge in [0, 0.05) is 18.0 Å². The number of hydrogen-bond acceptors (Lipinski definition) is 7. The Balaban J connectivity index is 1.67. The zero-order valence-electron chi connectivity index (χ0n) is 19.4. The fourth-order valence-corrected chi connectivity index (χ4v) is 4.94. The lowest BCUT2D eigenvalue weighted by atomic mass is 10.0. The molecule has 0 saturated carbocycles. The molecule has 1 aliphatic rings. The number of benzene rings is 1. The molecule has 0 aliphatic carbocycles. The fourth-order valence-electron chi connectivity index (χ4n) is 4.01. The van der Waals surface area contributed by atoms with Gasteiger partial charge in [0.1, 0.15) is 6.61 Å². The molecule has 1 N–H and O–H groups in total. The lowest BCUT2D eigenvalue weighted by molar-refractivity contribution is -0.136. The van der Waals surface area contributed by atoms with Crippen molar-refractivity contribution in [2.75, 3.05) is 53.1 Å². The molecule has 33 heavy (non-hydrogen) atoms. The van der Waals surface area contributed by atoms with Crippen LogP contribution in [0.1, 0.15) is 23.4 Å². The van der Waals surface area contributed by atoms with E-state index in [1.807, 2.05) is 41.0 Å². The number of thiophene rings is 1. The van der Waals surface area contributed by atoms with Crippen molar-refractivity contribution < 1.29 is 24.1 Å². The number of fused-ring (bicyclic) bond motifs is 1. The normalized spacial score (nSPS) is 16.4. The average molecular weight is 475 g/mol. The fraction of sp³-hybridized carbons (Fsp3) is 0.480. The second kappa shape index (κ2) is 12.7. The van der Waals surface area contributed by atoms with Crippen LogP contribution in [0.15, 0.2) is 48.4 Å². The smallest absolute Gasteiger partial charge is 0.237 e. The Labute approximate surface area is 200 Å². The number of carbonyl (C=O) groups excluding carboxylic acids is 1. The molecule has 1 aromatic carbocycles. The van der Waals surface area contributed by atoms with Crippen LogP contribution >= 0.6 is 11.3 Å². The maximum atomic E-state index is 13.4. The van der Waals surface area contributed by atoms with E-state index in [2.05, 4.69) is 18.0 Å². The molecule has 0 bridgehead atoms. The zero-order chi connectivity index (χ0) is 23.6. The first kappa shape index (κ1) is 25.2. The second-order valence-corrected chi connectivity index (χ2v) is 8.92. The summed E-state index contributed by atoms with van der Waals surface area (Å²) in [6.07, 6.45) is 1.83. The summed E-state index contributed by atoms with van der Waals surface area (Å²) in [7, 11) is 1.62. The second-order valence-electron chi connectivity index (χ2n) is 7.92. The molecule has 8 heteroatoms. The van der Waals surface area contributed by atoms with Gasteiger partial charge in [0.25, 0.3) is 0 Å². The number of ether oxygens (including phenoxy) is 3. The standard InChI is InChI=1S/C25H34N2O5S/c1-4-13-31-17-19(28)15-26(5-2)16-25(29)27-12-10-24-20(11-14-33-24)21(27)18-32-23-9-7-6-8-22(23)30-3/h4,6-9,11,14,19,21,28H,1,5,10,12-13,15-18H2,2-3H3/t19-,21-/m1/s1. The Hall–Kier alpha value is -2.39. The van der Waals surface area contributed by atoms with E-state index in [4.69, 9.17) is 14.2 Å². The number of methoxy groups -OCH3 is 1. The predicted octanol–water partition coefficient (Wildman–Crippen LogP) is 3.15. The SMILES string of the molecule is C=CCOC[C@H](O)CN(CC)CC(=O)N1CCc2sccc2[C@H]1COc1ccccc1OC. The maximum absolute atomic E-state index is 13.4. The molecule has 1 amide bonds. The van der Waals surface area contributed by atoms with E-state index in [1.54, 1.807) is 24.5 Å². The van der Waals surface area contributed by atoms with Crippen molar-refractivity contribution in [3.05, 3.63) is 58.8 Å². The number of amides is 1. The minimum Gasteiger partial charge on any atom is -0.493 e. The third-order valence-electron chi connectivity index (χ3n) is 5.70. The first-order valence-electron chi connectivity index (χ1n) is 11.3. The summed E-state index contributed by atoms with van der Waals surface area (Å²) >= 11 is 1.73. The summed E-state index contributed by atoms with van der Waals surface area (Å²) in [6.45, 7) is 8.47. The average Bonchev–Trinajstić information content (AvgIpc) is 3.31. The summed E-state index contributed by atoms with van der Waals surface area (Å²) in [5, 5.41) is 12.3. The Bertz CT molecular complexity index is 902. The van der Waals surface area contributed by atoms with Gasteiger partial charge in [-0.1, -0.05) is 25.1 Å². The Morgan fingerprint density at radius 3 is 2.88 bits per heavy atom. The van der Waals surface area contributed by atoms with Gasteiger partial charge in [0.05, 0.1) is 39.0 Å². The van der Waals surface area contributed by atoms with Crippen LogP contribution in [0.5, 0.6) is 11.5 Å². The number of aliphatic hydroxyl groups is 1. The lowest BCUT2D eigenvalue weighted by Gasteiger charge is -2.37. The minimum atomic E-state index is -0.660. The van der Waals surface area contributed by atoms with E-state index in [-0.39, 0.29) is 25.1 Å². The summed E-state index contributed by atoms with van der Waals surface area (Å²) in [5.41, 5.74) is 1.15.